The lowest BCUT2D eigenvalue weighted by atomic mass is 10.0. The van der Waals surface area contributed by atoms with E-state index in [-0.39, 0.29) is 0 Å². The number of hydrogen-bond donors (Lipinski definition) is 1. The molecule has 1 aromatic heterocycles. The zero-order valence-corrected chi connectivity index (χ0v) is 12.3. The first kappa shape index (κ1) is 15.8. The van der Waals surface area contributed by atoms with Gasteiger partial charge in [0.1, 0.15) is 0 Å². The molecule has 0 saturated carbocycles. The molecule has 0 spiro atoms. The summed E-state index contributed by atoms with van der Waals surface area (Å²) in [7, 11) is 0. The molecule has 1 rings (SSSR count). The third-order valence-electron chi connectivity index (χ3n) is 3.66. The largest absolute Gasteiger partial charge is 0.459 e. The molecule has 1 amide bonds. The lowest BCUT2D eigenvalue weighted by Crippen LogP contribution is -2.11. The van der Waals surface area contributed by atoms with Crippen molar-refractivity contribution in [2.75, 3.05) is 0 Å². The quantitative estimate of drug-likeness (QED) is 0.639. The van der Waals surface area contributed by atoms with E-state index >= 15 is 0 Å². The van der Waals surface area contributed by atoms with Crippen molar-refractivity contribution in [3.8, 4) is 0 Å². The van der Waals surface area contributed by atoms with Gasteiger partial charge in [0.25, 0.3) is 5.91 Å². The number of furan rings is 1. The minimum absolute atomic E-state index is 0.314. The van der Waals surface area contributed by atoms with Gasteiger partial charge in [0.05, 0.1) is 6.26 Å². The zero-order chi connectivity index (χ0) is 14.1. The zero-order valence-electron chi connectivity index (χ0n) is 12.3. The maximum Gasteiger partial charge on any atom is 0.284 e. The minimum Gasteiger partial charge on any atom is -0.459 e. The standard InChI is InChI=1S/C16H27NO2/c1-3-4-5-6-7-8-9-10-11-14-12-19-15(13(14)2)16(17)18/h12H,3-11H2,1-2H3,(H2,17,18). The average Bonchev–Trinajstić information content (AvgIpc) is 2.74. The highest BCUT2D eigenvalue weighted by Gasteiger charge is 2.13. The highest BCUT2D eigenvalue weighted by molar-refractivity contribution is 5.91. The van der Waals surface area contributed by atoms with E-state index in [4.69, 9.17) is 10.2 Å². The van der Waals surface area contributed by atoms with E-state index in [0.29, 0.717) is 5.76 Å². The van der Waals surface area contributed by atoms with E-state index in [1.54, 1.807) is 6.26 Å². The van der Waals surface area contributed by atoms with Crippen LogP contribution in [0.3, 0.4) is 0 Å². The van der Waals surface area contributed by atoms with Crippen LogP contribution in [0.5, 0.6) is 0 Å². The molecule has 0 radical (unpaired) electrons. The van der Waals surface area contributed by atoms with Gasteiger partial charge in [-0.3, -0.25) is 4.79 Å². The maximum atomic E-state index is 11.1. The van der Waals surface area contributed by atoms with Crippen LogP contribution < -0.4 is 5.73 Å². The third-order valence-corrected chi connectivity index (χ3v) is 3.66. The molecule has 3 nitrogen and oxygen atoms in total. The fourth-order valence-electron chi connectivity index (χ4n) is 2.39. The summed E-state index contributed by atoms with van der Waals surface area (Å²) in [4.78, 5) is 11.1. The van der Waals surface area contributed by atoms with Gasteiger partial charge < -0.3 is 10.2 Å². The second-order valence-corrected chi connectivity index (χ2v) is 5.30. The van der Waals surface area contributed by atoms with Gasteiger partial charge in [0.15, 0.2) is 5.76 Å². The van der Waals surface area contributed by atoms with Crippen molar-refractivity contribution >= 4 is 5.91 Å². The van der Waals surface area contributed by atoms with Crippen LogP contribution in [0.25, 0.3) is 0 Å². The van der Waals surface area contributed by atoms with Gasteiger partial charge in [-0.15, -0.1) is 0 Å². The van der Waals surface area contributed by atoms with Gasteiger partial charge in [-0.2, -0.15) is 0 Å². The summed E-state index contributed by atoms with van der Waals surface area (Å²) in [5.74, 6) is -0.158. The molecule has 0 unspecified atom stereocenters. The second-order valence-electron chi connectivity index (χ2n) is 5.30. The van der Waals surface area contributed by atoms with E-state index in [2.05, 4.69) is 6.92 Å². The molecule has 0 aromatic carbocycles. The van der Waals surface area contributed by atoms with Crippen molar-refractivity contribution in [1.29, 1.82) is 0 Å². The summed E-state index contributed by atoms with van der Waals surface area (Å²) in [5, 5.41) is 0. The Morgan fingerprint density at radius 1 is 1.11 bits per heavy atom. The highest BCUT2D eigenvalue weighted by Crippen LogP contribution is 2.18. The molecule has 0 aliphatic carbocycles. The minimum atomic E-state index is -0.473. The van der Waals surface area contributed by atoms with E-state index < -0.39 is 5.91 Å². The molecule has 2 N–H and O–H groups in total. The van der Waals surface area contributed by atoms with E-state index in [1.165, 1.54) is 44.9 Å². The summed E-state index contributed by atoms with van der Waals surface area (Å²) in [6.07, 6.45) is 13.1. The fourth-order valence-corrected chi connectivity index (χ4v) is 2.39. The van der Waals surface area contributed by atoms with Gasteiger partial charge in [-0.05, 0) is 25.3 Å². The number of aryl methyl sites for hydroxylation is 1. The number of unbranched alkanes of at least 4 members (excludes halogenated alkanes) is 7. The van der Waals surface area contributed by atoms with Crippen LogP contribution in [-0.4, -0.2) is 5.91 Å². The Kier molecular flexibility index (Phi) is 7.31. The molecule has 0 saturated heterocycles. The van der Waals surface area contributed by atoms with Crippen LogP contribution in [0, 0.1) is 6.92 Å². The molecule has 108 valence electrons. The van der Waals surface area contributed by atoms with Crippen molar-refractivity contribution in [3.05, 3.63) is 23.2 Å². The van der Waals surface area contributed by atoms with Gasteiger partial charge >= 0.3 is 0 Å². The number of nitrogens with two attached hydrogens (primary N) is 1. The Hall–Kier alpha value is -1.25. The molecule has 0 aliphatic rings. The summed E-state index contributed by atoms with van der Waals surface area (Å²) >= 11 is 0. The number of carbonyl (C=O) groups excluding carboxylic acids is 1. The molecule has 0 fully saturated rings. The normalized spacial score (nSPS) is 10.8. The van der Waals surface area contributed by atoms with Crippen molar-refractivity contribution in [2.24, 2.45) is 5.73 Å². The van der Waals surface area contributed by atoms with E-state index in [0.717, 1.165) is 24.0 Å². The molecule has 0 bridgehead atoms. The molecular formula is C16H27NO2. The summed E-state index contributed by atoms with van der Waals surface area (Å²) < 4.78 is 5.20. The van der Waals surface area contributed by atoms with Crippen LogP contribution in [0.1, 0.15) is 80.0 Å². The van der Waals surface area contributed by atoms with Gasteiger partial charge in [0.2, 0.25) is 0 Å². The molecule has 19 heavy (non-hydrogen) atoms. The Bertz CT molecular complexity index is 382. The number of rotatable bonds is 10. The summed E-state index contributed by atoms with van der Waals surface area (Å²) in [6, 6.07) is 0. The highest BCUT2D eigenvalue weighted by atomic mass is 16.3. The molecule has 0 aliphatic heterocycles. The number of amides is 1. The number of primary amides is 1. The molecule has 1 aromatic rings. The topological polar surface area (TPSA) is 56.2 Å². The van der Waals surface area contributed by atoms with E-state index in [9.17, 15) is 4.79 Å². The fraction of sp³-hybridized carbons (Fsp3) is 0.688. The average molecular weight is 265 g/mol. The lowest BCUT2D eigenvalue weighted by molar-refractivity contribution is 0.0973. The predicted octanol–water partition coefficient (Wildman–Crippen LogP) is 4.37. The smallest absolute Gasteiger partial charge is 0.284 e. The summed E-state index contributed by atoms with van der Waals surface area (Å²) in [5.41, 5.74) is 7.27. The third kappa shape index (κ3) is 5.50. The second kappa shape index (κ2) is 8.78. The first-order valence-electron chi connectivity index (χ1n) is 7.53. The number of hydrogen-bond acceptors (Lipinski definition) is 2. The molecule has 0 atom stereocenters. The van der Waals surface area contributed by atoms with Gasteiger partial charge in [-0.25, -0.2) is 0 Å². The molecule has 3 heteroatoms. The Morgan fingerprint density at radius 2 is 1.68 bits per heavy atom. The maximum absolute atomic E-state index is 11.1. The lowest BCUT2D eigenvalue weighted by Gasteiger charge is -2.01. The van der Waals surface area contributed by atoms with Gasteiger partial charge in [0, 0.05) is 5.56 Å². The predicted molar refractivity (Wildman–Crippen MR) is 78.3 cm³/mol. The molecular weight excluding hydrogens is 238 g/mol. The van der Waals surface area contributed by atoms with Crippen LogP contribution in [0.4, 0.5) is 0 Å². The van der Waals surface area contributed by atoms with Crippen LogP contribution in [0.2, 0.25) is 0 Å². The van der Waals surface area contributed by atoms with Crippen molar-refractivity contribution in [3.63, 3.8) is 0 Å². The summed E-state index contributed by atoms with van der Waals surface area (Å²) in [6.45, 7) is 4.15. The van der Waals surface area contributed by atoms with Crippen LogP contribution >= 0.6 is 0 Å². The number of carbonyl (C=O) groups is 1. The van der Waals surface area contributed by atoms with E-state index in [1.807, 2.05) is 6.92 Å². The molecule has 1 heterocycles. The first-order chi connectivity index (χ1) is 9.16. The Morgan fingerprint density at radius 3 is 2.21 bits per heavy atom. The van der Waals surface area contributed by atoms with Crippen LogP contribution in [-0.2, 0) is 6.42 Å². The van der Waals surface area contributed by atoms with Gasteiger partial charge in [-0.1, -0.05) is 51.9 Å². The van der Waals surface area contributed by atoms with Crippen LogP contribution in [0.15, 0.2) is 10.7 Å². The Balaban J connectivity index is 2.14. The SMILES string of the molecule is CCCCCCCCCCc1coc(C(N)=O)c1C. The van der Waals surface area contributed by atoms with Crippen molar-refractivity contribution in [1.82, 2.24) is 0 Å². The first-order valence-corrected chi connectivity index (χ1v) is 7.53. The van der Waals surface area contributed by atoms with Crippen molar-refractivity contribution in [2.45, 2.75) is 71.6 Å². The Labute approximate surface area is 116 Å². The monoisotopic (exact) mass is 265 g/mol. The van der Waals surface area contributed by atoms with Crippen molar-refractivity contribution < 1.29 is 9.21 Å².